The van der Waals surface area contributed by atoms with Crippen LogP contribution in [0.25, 0.3) is 11.1 Å². The van der Waals surface area contributed by atoms with Crippen LogP contribution in [0.1, 0.15) is 11.3 Å². The van der Waals surface area contributed by atoms with E-state index in [1.165, 1.54) is 12.1 Å². The van der Waals surface area contributed by atoms with Gasteiger partial charge in [-0.05, 0) is 19.1 Å². The van der Waals surface area contributed by atoms with E-state index in [1.807, 2.05) is 11.0 Å². The van der Waals surface area contributed by atoms with E-state index in [1.54, 1.807) is 19.1 Å². The number of nitrogens with zero attached hydrogens (tertiary/aromatic N) is 3. The number of aromatic nitrogens is 1. The fraction of sp³-hybridized carbons (Fsp3) is 0.294. The summed E-state index contributed by atoms with van der Waals surface area (Å²) in [5.74, 6) is 0. The van der Waals surface area contributed by atoms with E-state index < -0.39 is 10.5 Å². The summed E-state index contributed by atoms with van der Waals surface area (Å²) in [5.41, 5.74) is 1.58. The molecule has 0 radical (unpaired) electrons. The van der Waals surface area contributed by atoms with Crippen LogP contribution in [0.4, 0.5) is 11.4 Å². The largest absolute Gasteiger partial charge is 0.378 e. The molecule has 0 unspecified atom stereocenters. The second-order valence-electron chi connectivity index (χ2n) is 5.74. The number of aromatic amines is 1. The first kappa shape index (κ1) is 16.7. The van der Waals surface area contributed by atoms with Crippen molar-refractivity contribution in [2.24, 2.45) is 0 Å². The highest BCUT2D eigenvalue weighted by molar-refractivity contribution is 5.84. The van der Waals surface area contributed by atoms with Crippen LogP contribution in [0.3, 0.4) is 0 Å². The summed E-state index contributed by atoms with van der Waals surface area (Å²) in [6.07, 6.45) is 0. The third-order valence-electron chi connectivity index (χ3n) is 4.11. The summed E-state index contributed by atoms with van der Waals surface area (Å²) in [6.45, 7) is 4.08. The van der Waals surface area contributed by atoms with E-state index in [9.17, 15) is 20.2 Å². The predicted molar refractivity (Wildman–Crippen MR) is 91.6 cm³/mol. The summed E-state index contributed by atoms with van der Waals surface area (Å²) in [5, 5.41) is 20.6. The van der Waals surface area contributed by atoms with Crippen molar-refractivity contribution in [1.29, 1.82) is 5.26 Å². The van der Waals surface area contributed by atoms with Gasteiger partial charge < -0.3 is 14.6 Å². The third-order valence-corrected chi connectivity index (χ3v) is 4.11. The van der Waals surface area contributed by atoms with Gasteiger partial charge in [-0.3, -0.25) is 14.9 Å². The highest BCUT2D eigenvalue weighted by atomic mass is 16.6. The highest BCUT2D eigenvalue weighted by Gasteiger charge is 2.22. The third kappa shape index (κ3) is 3.22. The van der Waals surface area contributed by atoms with Crippen molar-refractivity contribution in [3.05, 3.63) is 56.0 Å². The van der Waals surface area contributed by atoms with Crippen LogP contribution >= 0.6 is 0 Å². The Morgan fingerprint density at radius 3 is 2.64 bits per heavy atom. The lowest BCUT2D eigenvalue weighted by atomic mass is 9.98. The molecule has 1 saturated heterocycles. The number of morpholine rings is 1. The van der Waals surface area contributed by atoms with Gasteiger partial charge in [0.15, 0.2) is 0 Å². The molecule has 0 bridgehead atoms. The maximum atomic E-state index is 12.1. The monoisotopic (exact) mass is 340 g/mol. The number of hydrogen-bond acceptors (Lipinski definition) is 6. The average molecular weight is 340 g/mol. The lowest BCUT2D eigenvalue weighted by Crippen LogP contribution is -2.36. The molecule has 0 saturated carbocycles. The van der Waals surface area contributed by atoms with E-state index in [0.717, 1.165) is 5.69 Å². The first-order chi connectivity index (χ1) is 12.0. The number of nitro benzene ring substituents is 1. The maximum absolute atomic E-state index is 12.1. The molecule has 1 aliphatic rings. The van der Waals surface area contributed by atoms with Gasteiger partial charge in [0.2, 0.25) is 0 Å². The predicted octanol–water partition coefficient (Wildman–Crippen LogP) is 1.97. The van der Waals surface area contributed by atoms with Crippen molar-refractivity contribution in [2.75, 3.05) is 31.2 Å². The van der Waals surface area contributed by atoms with Gasteiger partial charge in [0.1, 0.15) is 11.6 Å². The van der Waals surface area contributed by atoms with Crippen molar-refractivity contribution < 1.29 is 9.66 Å². The minimum absolute atomic E-state index is 0.0550. The molecule has 1 N–H and O–H groups in total. The molecule has 1 fully saturated rings. The van der Waals surface area contributed by atoms with Crippen LogP contribution in [0, 0.1) is 28.4 Å². The van der Waals surface area contributed by atoms with E-state index in [4.69, 9.17) is 4.74 Å². The zero-order valence-electron chi connectivity index (χ0n) is 13.6. The van der Waals surface area contributed by atoms with Gasteiger partial charge in [-0.1, -0.05) is 0 Å². The molecule has 0 amide bonds. The summed E-state index contributed by atoms with van der Waals surface area (Å²) in [4.78, 5) is 27.5. The van der Waals surface area contributed by atoms with Gasteiger partial charge in [0.05, 0.1) is 18.1 Å². The number of nitrogens with one attached hydrogen (secondary N) is 1. The van der Waals surface area contributed by atoms with Crippen molar-refractivity contribution in [1.82, 2.24) is 4.98 Å². The van der Waals surface area contributed by atoms with Gasteiger partial charge >= 0.3 is 0 Å². The van der Waals surface area contributed by atoms with Crippen LogP contribution < -0.4 is 10.5 Å². The van der Waals surface area contributed by atoms with Gasteiger partial charge in [0.25, 0.3) is 11.2 Å². The molecule has 1 aliphatic heterocycles. The van der Waals surface area contributed by atoms with E-state index in [2.05, 4.69) is 4.98 Å². The molecule has 8 heteroatoms. The molecule has 0 atom stereocenters. The number of benzene rings is 1. The fourth-order valence-corrected chi connectivity index (χ4v) is 2.95. The van der Waals surface area contributed by atoms with E-state index >= 15 is 0 Å². The topological polar surface area (TPSA) is 112 Å². The summed E-state index contributed by atoms with van der Waals surface area (Å²) in [6, 6.07) is 8.09. The van der Waals surface area contributed by atoms with Crippen molar-refractivity contribution in [3.8, 4) is 17.2 Å². The fourth-order valence-electron chi connectivity index (χ4n) is 2.95. The number of rotatable bonds is 3. The number of H-pyrrole nitrogens is 1. The number of aryl methyl sites for hydroxylation is 1. The molecular weight excluding hydrogens is 324 g/mol. The standard InChI is InChI=1S/C17H16N4O4/c1-11-8-13(15(10-18)17(22)19-11)14-9-12(21(23)24)2-3-16(14)20-4-6-25-7-5-20/h2-3,8-9H,4-7H2,1H3,(H,19,22). The van der Waals surface area contributed by atoms with Crippen molar-refractivity contribution in [3.63, 3.8) is 0 Å². The van der Waals surface area contributed by atoms with E-state index in [-0.39, 0.29) is 11.3 Å². The number of nitriles is 1. The molecular formula is C17H16N4O4. The number of hydrogen-bond donors (Lipinski definition) is 1. The normalized spacial score (nSPS) is 14.2. The average Bonchev–Trinajstić information content (AvgIpc) is 2.61. The molecule has 0 aliphatic carbocycles. The number of pyridine rings is 1. The van der Waals surface area contributed by atoms with Gasteiger partial charge in [-0.25, -0.2) is 0 Å². The first-order valence-corrected chi connectivity index (χ1v) is 7.77. The SMILES string of the molecule is Cc1cc(-c2cc([N+](=O)[O-])ccc2N2CCOCC2)c(C#N)c(=O)[nH]1. The molecule has 1 aromatic heterocycles. The molecule has 25 heavy (non-hydrogen) atoms. The minimum atomic E-state index is -0.503. The second-order valence-corrected chi connectivity index (χ2v) is 5.74. The highest BCUT2D eigenvalue weighted by Crippen LogP contribution is 2.35. The molecule has 1 aromatic carbocycles. The number of ether oxygens (including phenoxy) is 1. The maximum Gasteiger partial charge on any atom is 0.270 e. The van der Waals surface area contributed by atoms with E-state index in [0.29, 0.717) is 43.1 Å². The Kier molecular flexibility index (Phi) is 4.50. The molecule has 3 rings (SSSR count). The number of non-ortho nitro benzene ring substituents is 1. The summed E-state index contributed by atoms with van der Waals surface area (Å²) >= 11 is 0. The summed E-state index contributed by atoms with van der Waals surface area (Å²) in [7, 11) is 0. The first-order valence-electron chi connectivity index (χ1n) is 7.77. The molecule has 0 spiro atoms. The molecule has 8 nitrogen and oxygen atoms in total. The number of nitro groups is 1. The number of anilines is 1. The molecule has 128 valence electrons. The smallest absolute Gasteiger partial charge is 0.270 e. The second kappa shape index (κ2) is 6.75. The zero-order chi connectivity index (χ0) is 18.0. The van der Waals surface area contributed by atoms with Gasteiger partial charge in [0, 0.05) is 47.7 Å². The lowest BCUT2D eigenvalue weighted by Gasteiger charge is -2.30. The van der Waals surface area contributed by atoms with Gasteiger partial charge in [-0.2, -0.15) is 5.26 Å². The Balaban J connectivity index is 2.26. The minimum Gasteiger partial charge on any atom is -0.378 e. The zero-order valence-corrected chi connectivity index (χ0v) is 13.6. The lowest BCUT2D eigenvalue weighted by molar-refractivity contribution is -0.384. The Hall–Kier alpha value is -3.18. The Morgan fingerprint density at radius 2 is 2.00 bits per heavy atom. The van der Waals surface area contributed by atoms with Crippen LogP contribution in [0.2, 0.25) is 0 Å². The molecule has 2 aromatic rings. The van der Waals surface area contributed by atoms with Crippen LogP contribution in [-0.4, -0.2) is 36.2 Å². The Bertz CT molecular complexity index is 923. The molecule has 2 heterocycles. The van der Waals surface area contributed by atoms with Crippen LogP contribution in [-0.2, 0) is 4.74 Å². The summed E-state index contributed by atoms with van der Waals surface area (Å²) < 4.78 is 5.35. The quantitative estimate of drug-likeness (QED) is 0.675. The Labute approximate surface area is 143 Å². The van der Waals surface area contributed by atoms with Gasteiger partial charge in [-0.15, -0.1) is 0 Å². The van der Waals surface area contributed by atoms with Crippen molar-refractivity contribution in [2.45, 2.75) is 6.92 Å². The van der Waals surface area contributed by atoms with Crippen molar-refractivity contribution >= 4 is 11.4 Å². The van der Waals surface area contributed by atoms with Crippen LogP contribution in [0.5, 0.6) is 0 Å². The Morgan fingerprint density at radius 1 is 1.28 bits per heavy atom. The van der Waals surface area contributed by atoms with Crippen LogP contribution in [0.15, 0.2) is 29.1 Å².